The smallest absolute Gasteiger partial charge is 0.0110 e. The molecule has 0 aromatic rings. The molecule has 3 heteroatoms. The number of hydrogen-bond acceptors (Lipinski definition) is 3. The van der Waals surface area contributed by atoms with Crippen LogP contribution in [0, 0.1) is 0 Å². The van der Waals surface area contributed by atoms with Gasteiger partial charge in [-0.25, -0.2) is 0 Å². The third kappa shape index (κ3) is 29.7. The highest BCUT2D eigenvalue weighted by Gasteiger charge is 2.16. The molecule has 3 nitrogen and oxygen atoms in total. The van der Waals surface area contributed by atoms with E-state index in [2.05, 4.69) is 35.5 Å². The summed E-state index contributed by atoms with van der Waals surface area (Å²) in [5.41, 5.74) is 0. The van der Waals surface area contributed by atoms with Crippen LogP contribution < -0.4 is 0 Å². The van der Waals surface area contributed by atoms with E-state index in [9.17, 15) is 0 Å². The van der Waals surface area contributed by atoms with Crippen LogP contribution in [-0.2, 0) is 0 Å². The molecule has 45 heavy (non-hydrogen) atoms. The Kier molecular flexibility index (Phi) is 33.6. The van der Waals surface area contributed by atoms with Crippen LogP contribution in [0.3, 0.4) is 0 Å². The van der Waals surface area contributed by atoms with Crippen molar-refractivity contribution in [1.29, 1.82) is 0 Å². The Morgan fingerprint density at radius 3 is 0.556 bits per heavy atom. The van der Waals surface area contributed by atoms with Crippen LogP contribution in [0.4, 0.5) is 0 Å². The molecule has 1 aliphatic heterocycles. The number of nitrogens with zero attached hydrogens (tertiary/aromatic N) is 3. The maximum Gasteiger partial charge on any atom is 0.0110 e. The normalized spacial score (nSPS) is 15.8. The first-order chi connectivity index (χ1) is 22.3. The molecule has 0 bridgehead atoms. The van der Waals surface area contributed by atoms with Crippen molar-refractivity contribution in [3.05, 3.63) is 0 Å². The number of hydrogen-bond donors (Lipinski definition) is 0. The van der Waals surface area contributed by atoms with E-state index in [1.807, 2.05) is 0 Å². The molecule has 0 amide bonds. The Balaban J connectivity index is 2.33. The average Bonchev–Trinajstić information content (AvgIpc) is 3.14. The van der Waals surface area contributed by atoms with Crippen molar-refractivity contribution in [1.82, 2.24) is 14.7 Å². The molecular formula is C42H87N3. The van der Waals surface area contributed by atoms with Crippen molar-refractivity contribution < 1.29 is 0 Å². The quantitative estimate of drug-likeness (QED) is 0.0666. The SMILES string of the molecule is CCCCCCCCCCCCN1CCN(CCCCCCCCCCCC)CCN(CCCCCCCCCCCC)CC1. The third-order valence-electron chi connectivity index (χ3n) is 10.7. The van der Waals surface area contributed by atoms with E-state index >= 15 is 0 Å². The molecule has 0 saturated carbocycles. The van der Waals surface area contributed by atoms with Gasteiger partial charge in [0.1, 0.15) is 0 Å². The van der Waals surface area contributed by atoms with E-state index in [1.54, 1.807) is 0 Å². The van der Waals surface area contributed by atoms with Crippen molar-refractivity contribution in [3.63, 3.8) is 0 Å². The molecule has 0 N–H and O–H groups in total. The van der Waals surface area contributed by atoms with E-state index in [1.165, 1.54) is 252 Å². The lowest BCUT2D eigenvalue weighted by Gasteiger charge is -2.25. The molecule has 0 atom stereocenters. The molecule has 1 saturated heterocycles. The minimum Gasteiger partial charge on any atom is -0.301 e. The molecule has 0 aromatic heterocycles. The highest BCUT2D eigenvalue weighted by atomic mass is 15.3. The molecule has 1 heterocycles. The monoisotopic (exact) mass is 634 g/mol. The number of rotatable bonds is 33. The van der Waals surface area contributed by atoms with Crippen LogP contribution >= 0.6 is 0 Å². The van der Waals surface area contributed by atoms with Gasteiger partial charge in [0.15, 0.2) is 0 Å². The van der Waals surface area contributed by atoms with Gasteiger partial charge in [0.2, 0.25) is 0 Å². The molecule has 0 aromatic carbocycles. The van der Waals surface area contributed by atoms with Crippen LogP contribution in [0.5, 0.6) is 0 Å². The summed E-state index contributed by atoms with van der Waals surface area (Å²) in [5, 5.41) is 0. The lowest BCUT2D eigenvalue weighted by Crippen LogP contribution is -2.37. The molecule has 1 rings (SSSR count). The first kappa shape index (κ1) is 42.9. The fraction of sp³-hybridized carbons (Fsp3) is 1.00. The van der Waals surface area contributed by atoms with Gasteiger partial charge in [-0.1, -0.05) is 194 Å². The summed E-state index contributed by atoms with van der Waals surface area (Å²) in [5.74, 6) is 0. The zero-order valence-electron chi connectivity index (χ0n) is 31.9. The van der Waals surface area contributed by atoms with Gasteiger partial charge in [-0.3, -0.25) is 0 Å². The van der Waals surface area contributed by atoms with Crippen molar-refractivity contribution >= 4 is 0 Å². The van der Waals surface area contributed by atoms with Crippen LogP contribution in [0.2, 0.25) is 0 Å². The summed E-state index contributed by atoms with van der Waals surface area (Å²) < 4.78 is 0. The summed E-state index contributed by atoms with van der Waals surface area (Å²) in [6.45, 7) is 18.7. The average molecular weight is 634 g/mol. The van der Waals surface area contributed by atoms with Crippen LogP contribution in [0.25, 0.3) is 0 Å². The predicted octanol–water partition coefficient (Wildman–Crippen LogP) is 12.7. The first-order valence-electron chi connectivity index (χ1n) is 21.5. The second-order valence-corrected chi connectivity index (χ2v) is 15.1. The van der Waals surface area contributed by atoms with Crippen molar-refractivity contribution in [2.75, 3.05) is 58.9 Å². The maximum atomic E-state index is 2.84. The summed E-state index contributed by atoms with van der Waals surface area (Å²) >= 11 is 0. The standard InChI is InChI=1S/C42H87N3/c1-4-7-10-13-16-19-22-25-28-31-34-43-37-39-44(35-32-29-26-23-20-17-14-11-8-5-2)41-42-45(40-38-43)36-33-30-27-24-21-18-15-12-9-6-3/h4-42H2,1-3H3. The minimum absolute atomic E-state index is 1.29. The van der Waals surface area contributed by atoms with E-state index in [-0.39, 0.29) is 0 Å². The molecule has 0 aliphatic carbocycles. The van der Waals surface area contributed by atoms with Gasteiger partial charge in [0.25, 0.3) is 0 Å². The fourth-order valence-electron chi connectivity index (χ4n) is 7.32. The third-order valence-corrected chi connectivity index (χ3v) is 10.7. The Labute approximate surface area is 286 Å². The molecule has 0 radical (unpaired) electrons. The van der Waals surface area contributed by atoms with Gasteiger partial charge in [-0.2, -0.15) is 0 Å². The zero-order valence-corrected chi connectivity index (χ0v) is 31.9. The second kappa shape index (κ2) is 35.2. The van der Waals surface area contributed by atoms with Crippen molar-refractivity contribution in [2.45, 2.75) is 213 Å². The summed E-state index contributed by atoms with van der Waals surface area (Å²) in [7, 11) is 0. The van der Waals surface area contributed by atoms with Gasteiger partial charge in [-0.15, -0.1) is 0 Å². The number of unbranched alkanes of at least 4 members (excludes halogenated alkanes) is 27. The van der Waals surface area contributed by atoms with Gasteiger partial charge in [0, 0.05) is 39.3 Å². The van der Waals surface area contributed by atoms with Gasteiger partial charge in [-0.05, 0) is 38.9 Å². The Morgan fingerprint density at radius 2 is 0.378 bits per heavy atom. The minimum atomic E-state index is 1.29. The Hall–Kier alpha value is -0.120. The second-order valence-electron chi connectivity index (χ2n) is 15.1. The van der Waals surface area contributed by atoms with Gasteiger partial charge in [0.05, 0.1) is 0 Å². The van der Waals surface area contributed by atoms with E-state index in [0.29, 0.717) is 0 Å². The van der Waals surface area contributed by atoms with Crippen molar-refractivity contribution in [2.24, 2.45) is 0 Å². The molecule has 0 unspecified atom stereocenters. The van der Waals surface area contributed by atoms with Crippen molar-refractivity contribution in [3.8, 4) is 0 Å². The van der Waals surface area contributed by atoms with Crippen LogP contribution in [0.15, 0.2) is 0 Å². The lowest BCUT2D eigenvalue weighted by atomic mass is 10.1. The van der Waals surface area contributed by atoms with Gasteiger partial charge < -0.3 is 14.7 Å². The summed E-state index contributed by atoms with van der Waals surface area (Å²) in [6, 6.07) is 0. The maximum absolute atomic E-state index is 2.84. The predicted molar refractivity (Wildman–Crippen MR) is 205 cm³/mol. The Morgan fingerprint density at radius 1 is 0.222 bits per heavy atom. The lowest BCUT2D eigenvalue weighted by molar-refractivity contribution is 0.213. The van der Waals surface area contributed by atoms with E-state index < -0.39 is 0 Å². The highest BCUT2D eigenvalue weighted by Crippen LogP contribution is 2.14. The summed E-state index contributed by atoms with van der Waals surface area (Å²) in [4.78, 5) is 8.52. The van der Waals surface area contributed by atoms with E-state index in [0.717, 1.165) is 0 Å². The Bertz CT molecular complexity index is 464. The van der Waals surface area contributed by atoms with Crippen LogP contribution in [-0.4, -0.2) is 73.6 Å². The molecular weight excluding hydrogens is 546 g/mol. The first-order valence-corrected chi connectivity index (χ1v) is 21.5. The molecule has 0 spiro atoms. The molecule has 270 valence electrons. The highest BCUT2D eigenvalue weighted by molar-refractivity contribution is 4.72. The van der Waals surface area contributed by atoms with E-state index in [4.69, 9.17) is 0 Å². The zero-order chi connectivity index (χ0) is 32.3. The fourth-order valence-corrected chi connectivity index (χ4v) is 7.32. The largest absolute Gasteiger partial charge is 0.301 e. The van der Waals surface area contributed by atoms with Gasteiger partial charge >= 0.3 is 0 Å². The molecule has 1 aliphatic rings. The summed E-state index contributed by atoms with van der Waals surface area (Å²) in [6.07, 6.45) is 43.3. The topological polar surface area (TPSA) is 9.72 Å². The molecule has 1 fully saturated rings. The van der Waals surface area contributed by atoms with Crippen LogP contribution in [0.1, 0.15) is 213 Å².